The van der Waals surface area contributed by atoms with Gasteiger partial charge in [-0.05, 0) is 45.6 Å². The highest BCUT2D eigenvalue weighted by atomic mass is 16.2. The van der Waals surface area contributed by atoms with E-state index in [-0.39, 0.29) is 11.9 Å². The van der Waals surface area contributed by atoms with Gasteiger partial charge in [-0.2, -0.15) is 0 Å². The third kappa shape index (κ3) is 4.46. The van der Waals surface area contributed by atoms with Gasteiger partial charge < -0.3 is 10.6 Å². The van der Waals surface area contributed by atoms with Crippen molar-refractivity contribution in [1.82, 2.24) is 15.5 Å². The van der Waals surface area contributed by atoms with Gasteiger partial charge in [-0.25, -0.2) is 0 Å². The summed E-state index contributed by atoms with van der Waals surface area (Å²) in [6.45, 7) is 7.21. The zero-order chi connectivity index (χ0) is 13.7. The van der Waals surface area contributed by atoms with E-state index < -0.39 is 0 Å². The number of amides is 1. The first kappa shape index (κ1) is 14.8. The van der Waals surface area contributed by atoms with Crippen LogP contribution in [0.25, 0.3) is 0 Å². The van der Waals surface area contributed by atoms with E-state index in [1.54, 1.807) is 0 Å². The highest BCUT2D eigenvalue weighted by Crippen LogP contribution is 2.29. The van der Waals surface area contributed by atoms with Gasteiger partial charge >= 0.3 is 0 Å². The van der Waals surface area contributed by atoms with Crippen LogP contribution in [-0.4, -0.2) is 48.6 Å². The predicted octanol–water partition coefficient (Wildman–Crippen LogP) is 1.51. The SMILES string of the molecule is CCCCNC(=O)C(C)N(CC1CCCN1)C1CC1. The molecule has 1 heterocycles. The first-order valence-electron chi connectivity index (χ1n) is 7.99. The monoisotopic (exact) mass is 267 g/mol. The summed E-state index contributed by atoms with van der Waals surface area (Å²) in [6.07, 6.45) is 7.27. The summed E-state index contributed by atoms with van der Waals surface area (Å²) in [5.74, 6) is 0.207. The maximum Gasteiger partial charge on any atom is 0.237 e. The lowest BCUT2D eigenvalue weighted by atomic mass is 10.1. The molecular weight excluding hydrogens is 238 g/mol. The second-order valence-electron chi connectivity index (χ2n) is 6.04. The van der Waals surface area contributed by atoms with Crippen molar-refractivity contribution in [3.63, 3.8) is 0 Å². The smallest absolute Gasteiger partial charge is 0.237 e. The van der Waals surface area contributed by atoms with E-state index in [0.29, 0.717) is 12.1 Å². The molecule has 1 aliphatic heterocycles. The second-order valence-corrected chi connectivity index (χ2v) is 6.04. The number of rotatable bonds is 8. The van der Waals surface area contributed by atoms with Crippen LogP contribution in [0.15, 0.2) is 0 Å². The first-order valence-corrected chi connectivity index (χ1v) is 7.99. The molecule has 2 fully saturated rings. The van der Waals surface area contributed by atoms with Crippen molar-refractivity contribution in [2.24, 2.45) is 0 Å². The van der Waals surface area contributed by atoms with Crippen LogP contribution in [0, 0.1) is 0 Å². The molecule has 0 radical (unpaired) electrons. The molecule has 1 aliphatic carbocycles. The zero-order valence-corrected chi connectivity index (χ0v) is 12.5. The van der Waals surface area contributed by atoms with Gasteiger partial charge in [0.25, 0.3) is 0 Å². The van der Waals surface area contributed by atoms with Crippen molar-refractivity contribution in [1.29, 1.82) is 0 Å². The lowest BCUT2D eigenvalue weighted by Crippen LogP contribution is -2.50. The summed E-state index contributed by atoms with van der Waals surface area (Å²) in [5.41, 5.74) is 0. The van der Waals surface area contributed by atoms with E-state index in [1.165, 1.54) is 25.7 Å². The second kappa shape index (κ2) is 7.25. The Morgan fingerprint density at radius 2 is 2.21 bits per heavy atom. The molecule has 2 aliphatic rings. The standard InChI is InChI=1S/C15H29N3O/c1-3-4-9-17-15(19)12(2)18(14-7-8-14)11-13-6-5-10-16-13/h12-14,16H,3-11H2,1-2H3,(H,17,19). The highest BCUT2D eigenvalue weighted by Gasteiger charge is 2.36. The molecule has 0 aromatic carbocycles. The van der Waals surface area contributed by atoms with Crippen LogP contribution in [0.1, 0.15) is 52.4 Å². The Labute approximate surface area is 117 Å². The normalized spacial score (nSPS) is 24.7. The molecule has 2 rings (SSSR count). The number of nitrogens with one attached hydrogen (secondary N) is 2. The van der Waals surface area contributed by atoms with E-state index in [1.807, 2.05) is 0 Å². The van der Waals surface area contributed by atoms with Crippen molar-refractivity contribution in [2.75, 3.05) is 19.6 Å². The van der Waals surface area contributed by atoms with Gasteiger partial charge in [-0.15, -0.1) is 0 Å². The fourth-order valence-corrected chi connectivity index (χ4v) is 2.88. The van der Waals surface area contributed by atoms with Gasteiger partial charge in [0, 0.05) is 25.2 Å². The molecule has 4 heteroatoms. The van der Waals surface area contributed by atoms with Gasteiger partial charge in [0.15, 0.2) is 0 Å². The minimum absolute atomic E-state index is 0.0201. The number of nitrogens with zero attached hydrogens (tertiary/aromatic N) is 1. The molecule has 2 N–H and O–H groups in total. The summed E-state index contributed by atoms with van der Waals surface area (Å²) < 4.78 is 0. The number of carbonyl (C=O) groups is 1. The van der Waals surface area contributed by atoms with Crippen LogP contribution in [0.4, 0.5) is 0 Å². The van der Waals surface area contributed by atoms with Gasteiger partial charge in [0.1, 0.15) is 0 Å². The molecule has 1 saturated carbocycles. The topological polar surface area (TPSA) is 44.4 Å². The quantitative estimate of drug-likeness (QED) is 0.655. The van der Waals surface area contributed by atoms with Crippen molar-refractivity contribution in [3.05, 3.63) is 0 Å². The molecule has 1 saturated heterocycles. The third-order valence-electron chi connectivity index (χ3n) is 4.32. The highest BCUT2D eigenvalue weighted by molar-refractivity contribution is 5.81. The summed E-state index contributed by atoms with van der Waals surface area (Å²) in [4.78, 5) is 14.6. The van der Waals surface area contributed by atoms with Gasteiger partial charge in [0.2, 0.25) is 5.91 Å². The first-order chi connectivity index (χ1) is 9.22. The van der Waals surface area contributed by atoms with E-state index in [0.717, 1.165) is 32.5 Å². The van der Waals surface area contributed by atoms with Crippen LogP contribution in [0.2, 0.25) is 0 Å². The molecule has 2 unspecified atom stereocenters. The van der Waals surface area contributed by atoms with Crippen LogP contribution >= 0.6 is 0 Å². The van der Waals surface area contributed by atoms with Crippen molar-refractivity contribution >= 4 is 5.91 Å². The van der Waals surface area contributed by atoms with E-state index in [2.05, 4.69) is 29.4 Å². The minimum Gasteiger partial charge on any atom is -0.355 e. The molecule has 2 atom stereocenters. The van der Waals surface area contributed by atoms with Crippen LogP contribution in [0.5, 0.6) is 0 Å². The number of unbranched alkanes of at least 4 members (excludes halogenated alkanes) is 1. The van der Waals surface area contributed by atoms with Crippen LogP contribution in [-0.2, 0) is 4.79 Å². The average molecular weight is 267 g/mol. The summed E-state index contributed by atoms with van der Waals surface area (Å²) in [5, 5.41) is 6.61. The lowest BCUT2D eigenvalue weighted by Gasteiger charge is -2.30. The predicted molar refractivity (Wildman–Crippen MR) is 78.1 cm³/mol. The molecule has 110 valence electrons. The van der Waals surface area contributed by atoms with Gasteiger partial charge in [0.05, 0.1) is 6.04 Å². The Bertz CT molecular complexity index is 285. The van der Waals surface area contributed by atoms with E-state index in [4.69, 9.17) is 0 Å². The fraction of sp³-hybridized carbons (Fsp3) is 0.933. The summed E-state index contributed by atoms with van der Waals surface area (Å²) in [6, 6.07) is 1.26. The Balaban J connectivity index is 1.81. The van der Waals surface area contributed by atoms with E-state index >= 15 is 0 Å². The summed E-state index contributed by atoms with van der Waals surface area (Å²) in [7, 11) is 0. The van der Waals surface area contributed by atoms with Crippen molar-refractivity contribution < 1.29 is 4.79 Å². The lowest BCUT2D eigenvalue weighted by molar-refractivity contribution is -0.126. The molecule has 0 spiro atoms. The maximum atomic E-state index is 12.2. The molecule has 4 nitrogen and oxygen atoms in total. The Morgan fingerprint density at radius 1 is 1.42 bits per heavy atom. The molecule has 0 aromatic heterocycles. The Morgan fingerprint density at radius 3 is 2.79 bits per heavy atom. The zero-order valence-electron chi connectivity index (χ0n) is 12.5. The summed E-state index contributed by atoms with van der Waals surface area (Å²) >= 11 is 0. The minimum atomic E-state index is 0.0201. The third-order valence-corrected chi connectivity index (χ3v) is 4.32. The van der Waals surface area contributed by atoms with Crippen LogP contribution < -0.4 is 10.6 Å². The van der Waals surface area contributed by atoms with Crippen molar-refractivity contribution in [3.8, 4) is 0 Å². The Kier molecular flexibility index (Phi) is 5.64. The molecular formula is C15H29N3O. The average Bonchev–Trinajstić information content (AvgIpc) is 3.12. The molecule has 0 aromatic rings. The fourth-order valence-electron chi connectivity index (χ4n) is 2.88. The van der Waals surface area contributed by atoms with Crippen LogP contribution in [0.3, 0.4) is 0 Å². The number of hydrogen-bond donors (Lipinski definition) is 2. The van der Waals surface area contributed by atoms with Gasteiger partial charge in [-0.3, -0.25) is 9.69 Å². The molecule has 19 heavy (non-hydrogen) atoms. The molecule has 0 bridgehead atoms. The largest absolute Gasteiger partial charge is 0.355 e. The van der Waals surface area contributed by atoms with E-state index in [9.17, 15) is 4.79 Å². The molecule has 1 amide bonds. The number of hydrogen-bond acceptors (Lipinski definition) is 3. The van der Waals surface area contributed by atoms with Gasteiger partial charge in [-0.1, -0.05) is 13.3 Å². The van der Waals surface area contributed by atoms with Crippen molar-refractivity contribution in [2.45, 2.75) is 70.5 Å². The number of carbonyl (C=O) groups excluding carboxylic acids is 1. The maximum absolute atomic E-state index is 12.2. The Hall–Kier alpha value is -0.610.